The number of thiazole rings is 2. The molecular weight excluding hydrogens is 282 g/mol. The van der Waals surface area contributed by atoms with Crippen molar-refractivity contribution in [3.63, 3.8) is 0 Å². The maximum atomic E-state index is 11.9. The van der Waals surface area contributed by atoms with E-state index in [9.17, 15) is 4.79 Å². The average Bonchev–Trinajstić information content (AvgIpc) is 2.96. The normalized spacial score (nSPS) is 10.9. The van der Waals surface area contributed by atoms with Gasteiger partial charge in [0.25, 0.3) is 5.91 Å². The highest BCUT2D eigenvalue weighted by Gasteiger charge is 2.20. The SMILES string of the molecule is CONC(=O)c1nc(-c2nccs2)sc1CC(C)C. The smallest absolute Gasteiger partial charge is 0.277 e. The van der Waals surface area contributed by atoms with Gasteiger partial charge in [-0.05, 0) is 12.3 Å². The fourth-order valence-electron chi connectivity index (χ4n) is 1.60. The molecule has 19 heavy (non-hydrogen) atoms. The van der Waals surface area contributed by atoms with E-state index < -0.39 is 0 Å². The van der Waals surface area contributed by atoms with Crippen LogP contribution in [0.1, 0.15) is 29.2 Å². The molecule has 0 radical (unpaired) electrons. The van der Waals surface area contributed by atoms with Gasteiger partial charge < -0.3 is 0 Å². The number of amides is 1. The Hall–Kier alpha value is -1.31. The number of carbonyl (C=O) groups excluding carboxylic acids is 1. The highest BCUT2D eigenvalue weighted by atomic mass is 32.1. The molecule has 0 atom stereocenters. The Morgan fingerprint density at radius 2 is 2.26 bits per heavy atom. The molecule has 0 aromatic carbocycles. The molecule has 102 valence electrons. The standard InChI is InChI=1S/C12H15N3O2S2/c1-7(2)6-8-9(10(16)15-17-3)14-12(19-8)11-13-4-5-18-11/h4-5,7H,6H2,1-3H3,(H,15,16). The Morgan fingerprint density at radius 3 is 2.84 bits per heavy atom. The Bertz CT molecular complexity index is 549. The van der Waals surface area contributed by atoms with Crippen LogP contribution in [0.5, 0.6) is 0 Å². The largest absolute Gasteiger partial charge is 0.294 e. The van der Waals surface area contributed by atoms with E-state index >= 15 is 0 Å². The van der Waals surface area contributed by atoms with E-state index in [1.54, 1.807) is 6.20 Å². The van der Waals surface area contributed by atoms with Crippen molar-refractivity contribution in [2.24, 2.45) is 5.92 Å². The lowest BCUT2D eigenvalue weighted by atomic mass is 10.1. The molecule has 0 unspecified atom stereocenters. The molecule has 0 aliphatic heterocycles. The minimum atomic E-state index is -0.308. The van der Waals surface area contributed by atoms with E-state index in [0.717, 1.165) is 21.3 Å². The zero-order chi connectivity index (χ0) is 13.8. The van der Waals surface area contributed by atoms with Gasteiger partial charge >= 0.3 is 0 Å². The minimum absolute atomic E-state index is 0.308. The van der Waals surface area contributed by atoms with Crippen molar-refractivity contribution in [2.75, 3.05) is 7.11 Å². The second-order valence-electron chi connectivity index (χ2n) is 4.36. The van der Waals surface area contributed by atoms with Crippen molar-refractivity contribution in [2.45, 2.75) is 20.3 Å². The van der Waals surface area contributed by atoms with Crippen LogP contribution < -0.4 is 5.48 Å². The van der Waals surface area contributed by atoms with Crippen LogP contribution in [0.25, 0.3) is 10.0 Å². The zero-order valence-corrected chi connectivity index (χ0v) is 12.6. The topological polar surface area (TPSA) is 64.1 Å². The lowest BCUT2D eigenvalue weighted by Crippen LogP contribution is -2.23. The first-order chi connectivity index (χ1) is 9.11. The van der Waals surface area contributed by atoms with Gasteiger partial charge in [-0.3, -0.25) is 9.63 Å². The van der Waals surface area contributed by atoms with E-state index in [-0.39, 0.29) is 5.91 Å². The number of hydrogen-bond acceptors (Lipinski definition) is 6. The summed E-state index contributed by atoms with van der Waals surface area (Å²) in [6, 6.07) is 0. The van der Waals surface area contributed by atoms with E-state index in [1.807, 2.05) is 5.38 Å². The fourth-order valence-corrected chi connectivity index (χ4v) is 3.55. The molecule has 1 amide bonds. The monoisotopic (exact) mass is 297 g/mol. The molecule has 1 N–H and O–H groups in total. The molecule has 2 heterocycles. The molecule has 7 heteroatoms. The highest BCUT2D eigenvalue weighted by Crippen LogP contribution is 2.31. The van der Waals surface area contributed by atoms with E-state index in [1.165, 1.54) is 29.8 Å². The van der Waals surface area contributed by atoms with Crippen LogP contribution in [-0.2, 0) is 11.3 Å². The minimum Gasteiger partial charge on any atom is -0.277 e. The Labute approximate surface area is 119 Å². The predicted molar refractivity (Wildman–Crippen MR) is 76.2 cm³/mol. The van der Waals surface area contributed by atoms with Gasteiger partial charge in [0.2, 0.25) is 0 Å². The van der Waals surface area contributed by atoms with Crippen molar-refractivity contribution in [3.05, 3.63) is 22.1 Å². The van der Waals surface area contributed by atoms with Gasteiger partial charge in [0.1, 0.15) is 5.69 Å². The molecule has 0 saturated carbocycles. The summed E-state index contributed by atoms with van der Waals surface area (Å²) < 4.78 is 0. The summed E-state index contributed by atoms with van der Waals surface area (Å²) in [7, 11) is 1.41. The molecule has 0 spiro atoms. The lowest BCUT2D eigenvalue weighted by Gasteiger charge is -2.04. The number of hydroxylamine groups is 1. The molecule has 2 aromatic heterocycles. The zero-order valence-electron chi connectivity index (χ0n) is 11.0. The van der Waals surface area contributed by atoms with Crippen LogP contribution in [0.15, 0.2) is 11.6 Å². The summed E-state index contributed by atoms with van der Waals surface area (Å²) in [4.78, 5) is 26.2. The van der Waals surface area contributed by atoms with Crippen molar-refractivity contribution >= 4 is 28.6 Å². The quantitative estimate of drug-likeness (QED) is 0.862. The second-order valence-corrected chi connectivity index (χ2v) is 6.34. The van der Waals surface area contributed by atoms with Gasteiger partial charge in [0, 0.05) is 16.5 Å². The Kier molecular flexibility index (Phi) is 4.62. The van der Waals surface area contributed by atoms with Crippen LogP contribution in [0, 0.1) is 5.92 Å². The number of hydrogen-bond donors (Lipinski definition) is 1. The maximum absolute atomic E-state index is 11.9. The van der Waals surface area contributed by atoms with Crippen LogP contribution in [0.4, 0.5) is 0 Å². The van der Waals surface area contributed by atoms with Gasteiger partial charge in [-0.1, -0.05) is 13.8 Å². The first-order valence-electron chi connectivity index (χ1n) is 5.84. The summed E-state index contributed by atoms with van der Waals surface area (Å²) in [6.07, 6.45) is 2.55. The first-order valence-corrected chi connectivity index (χ1v) is 7.54. The Morgan fingerprint density at radius 1 is 1.47 bits per heavy atom. The summed E-state index contributed by atoms with van der Waals surface area (Å²) >= 11 is 3.04. The molecular formula is C12H15N3O2S2. The summed E-state index contributed by atoms with van der Waals surface area (Å²) in [5.74, 6) is 0.149. The third-order valence-corrected chi connectivity index (χ3v) is 4.31. The molecule has 2 aromatic rings. The van der Waals surface area contributed by atoms with Crippen LogP contribution in [-0.4, -0.2) is 23.0 Å². The predicted octanol–water partition coefficient (Wildman–Crippen LogP) is 2.76. The van der Waals surface area contributed by atoms with E-state index in [2.05, 4.69) is 34.1 Å². The van der Waals surface area contributed by atoms with Gasteiger partial charge in [-0.2, -0.15) is 0 Å². The number of nitrogens with one attached hydrogen (secondary N) is 1. The third-order valence-electron chi connectivity index (χ3n) is 2.32. The third kappa shape index (κ3) is 3.37. The summed E-state index contributed by atoms with van der Waals surface area (Å²) in [6.45, 7) is 4.22. The van der Waals surface area contributed by atoms with Crippen LogP contribution in [0.2, 0.25) is 0 Å². The number of carbonyl (C=O) groups is 1. The van der Waals surface area contributed by atoms with Gasteiger partial charge in [0.15, 0.2) is 10.0 Å². The highest BCUT2D eigenvalue weighted by molar-refractivity contribution is 7.20. The second kappa shape index (κ2) is 6.23. The molecule has 0 bridgehead atoms. The maximum Gasteiger partial charge on any atom is 0.294 e. The summed E-state index contributed by atoms with van der Waals surface area (Å²) in [5, 5.41) is 3.52. The number of aromatic nitrogens is 2. The first kappa shape index (κ1) is 14.1. The Balaban J connectivity index is 2.36. The van der Waals surface area contributed by atoms with Crippen molar-refractivity contribution in [1.82, 2.24) is 15.4 Å². The van der Waals surface area contributed by atoms with Crippen LogP contribution in [0.3, 0.4) is 0 Å². The molecule has 2 rings (SSSR count). The molecule has 0 saturated heterocycles. The van der Waals surface area contributed by atoms with Gasteiger partial charge in [-0.25, -0.2) is 15.4 Å². The van der Waals surface area contributed by atoms with E-state index in [4.69, 9.17) is 0 Å². The molecule has 5 nitrogen and oxygen atoms in total. The molecule has 0 fully saturated rings. The van der Waals surface area contributed by atoms with Gasteiger partial charge in [0.05, 0.1) is 7.11 Å². The van der Waals surface area contributed by atoms with E-state index in [0.29, 0.717) is 11.6 Å². The fraction of sp³-hybridized carbons (Fsp3) is 0.417. The number of rotatable bonds is 5. The van der Waals surface area contributed by atoms with Crippen molar-refractivity contribution < 1.29 is 9.63 Å². The average molecular weight is 297 g/mol. The van der Waals surface area contributed by atoms with Crippen LogP contribution >= 0.6 is 22.7 Å². The lowest BCUT2D eigenvalue weighted by molar-refractivity contribution is 0.0532. The van der Waals surface area contributed by atoms with Gasteiger partial charge in [-0.15, -0.1) is 22.7 Å². The summed E-state index contributed by atoms with van der Waals surface area (Å²) in [5.41, 5.74) is 2.76. The molecule has 0 aliphatic carbocycles. The van der Waals surface area contributed by atoms with Crippen molar-refractivity contribution in [3.8, 4) is 10.0 Å². The number of nitrogens with zero attached hydrogens (tertiary/aromatic N) is 2. The van der Waals surface area contributed by atoms with Crippen molar-refractivity contribution in [1.29, 1.82) is 0 Å². The molecule has 0 aliphatic rings.